The van der Waals surface area contributed by atoms with Crippen molar-refractivity contribution in [1.82, 2.24) is 9.80 Å². The maximum absolute atomic E-state index is 13.5. The monoisotopic (exact) mass is 528 g/mol. The van der Waals surface area contributed by atoms with Gasteiger partial charge in [-0.15, -0.1) is 0 Å². The Balaban J connectivity index is 1.53. The van der Waals surface area contributed by atoms with Gasteiger partial charge in [0.2, 0.25) is 0 Å². The van der Waals surface area contributed by atoms with Crippen LogP contribution in [0.4, 0.5) is 5.69 Å². The minimum absolute atomic E-state index is 0.0216. The highest BCUT2D eigenvalue weighted by Gasteiger charge is 2.29. The van der Waals surface area contributed by atoms with Crippen LogP contribution >= 0.6 is 0 Å². The van der Waals surface area contributed by atoms with Crippen LogP contribution in [0.15, 0.2) is 47.4 Å². The van der Waals surface area contributed by atoms with Crippen LogP contribution in [0.25, 0.3) is 0 Å². The number of benzene rings is 2. The van der Waals surface area contributed by atoms with Gasteiger partial charge in [0.15, 0.2) is 5.96 Å². The number of aliphatic carboxylic acids is 1. The van der Waals surface area contributed by atoms with E-state index in [-0.39, 0.29) is 22.6 Å². The highest BCUT2D eigenvalue weighted by molar-refractivity contribution is 7.92. The van der Waals surface area contributed by atoms with Crippen molar-refractivity contribution in [2.45, 2.75) is 43.7 Å². The number of piperidine rings is 1. The van der Waals surface area contributed by atoms with Crippen LogP contribution in [0, 0.1) is 10.8 Å². The Labute approximate surface area is 216 Å². The standard InChI is InChI=1S/C25H32N6O5S/c1-17(26)29-12-9-22(10-13-29)36-21-4-6-23(7-5-21)37(34,35)31(16-24(32)33)20-3-2-18-8-11-30(25(27)28)15-19(18)14-20/h2-7,14,22,26H,8-13,15-16H2,1H3,(H3,27,28)(H,32,33). The molecule has 2 aromatic carbocycles. The van der Waals surface area contributed by atoms with Crippen LogP contribution in [-0.4, -0.2) is 73.4 Å². The molecule has 0 aliphatic carbocycles. The molecular formula is C25H32N6O5S. The first-order valence-corrected chi connectivity index (χ1v) is 13.5. The molecule has 2 aliphatic heterocycles. The van der Waals surface area contributed by atoms with Gasteiger partial charge in [-0.05, 0) is 60.9 Å². The number of nitrogens with two attached hydrogens (primary N) is 1. The summed E-state index contributed by atoms with van der Waals surface area (Å²) in [5.41, 5.74) is 7.68. The van der Waals surface area contributed by atoms with Crippen molar-refractivity contribution in [2.24, 2.45) is 5.73 Å². The molecule has 1 saturated heterocycles. The molecule has 0 radical (unpaired) electrons. The topological polar surface area (TPSA) is 164 Å². The Kier molecular flexibility index (Phi) is 7.58. The van der Waals surface area contributed by atoms with Gasteiger partial charge >= 0.3 is 5.97 Å². The number of nitrogens with one attached hydrogen (secondary N) is 2. The van der Waals surface area contributed by atoms with Gasteiger partial charge in [0.1, 0.15) is 18.4 Å². The second-order valence-corrected chi connectivity index (χ2v) is 11.1. The fraction of sp³-hybridized carbons (Fsp3) is 0.400. The molecule has 37 heavy (non-hydrogen) atoms. The molecule has 12 heteroatoms. The zero-order valence-electron chi connectivity index (χ0n) is 20.7. The number of rotatable bonds is 7. The Morgan fingerprint density at radius 3 is 2.35 bits per heavy atom. The van der Waals surface area contributed by atoms with Gasteiger partial charge in [-0.1, -0.05) is 6.07 Å². The summed E-state index contributed by atoms with van der Waals surface area (Å²) < 4.78 is 34.0. The molecule has 11 nitrogen and oxygen atoms in total. The summed E-state index contributed by atoms with van der Waals surface area (Å²) in [4.78, 5) is 15.3. The van der Waals surface area contributed by atoms with Gasteiger partial charge in [0.25, 0.3) is 10.0 Å². The maximum atomic E-state index is 13.5. The van der Waals surface area contributed by atoms with Crippen molar-refractivity contribution in [2.75, 3.05) is 30.5 Å². The predicted molar refractivity (Wildman–Crippen MR) is 140 cm³/mol. The number of hydrogen-bond donors (Lipinski definition) is 4. The lowest BCUT2D eigenvalue weighted by molar-refractivity contribution is -0.135. The fourth-order valence-electron chi connectivity index (χ4n) is 4.66. The number of nitrogens with zero attached hydrogens (tertiary/aromatic N) is 3. The van der Waals surface area contributed by atoms with E-state index in [2.05, 4.69) is 0 Å². The van der Waals surface area contributed by atoms with E-state index in [1.54, 1.807) is 42.2 Å². The van der Waals surface area contributed by atoms with Gasteiger partial charge in [-0.2, -0.15) is 0 Å². The van der Waals surface area contributed by atoms with Crippen molar-refractivity contribution in [1.29, 1.82) is 10.8 Å². The lowest BCUT2D eigenvalue weighted by Crippen LogP contribution is -2.40. The molecule has 5 N–H and O–H groups in total. The van der Waals surface area contributed by atoms with Crippen LogP contribution in [0.5, 0.6) is 5.75 Å². The summed E-state index contributed by atoms with van der Waals surface area (Å²) in [6, 6.07) is 11.1. The van der Waals surface area contributed by atoms with Gasteiger partial charge in [-0.25, -0.2) is 8.42 Å². The Bertz CT molecular complexity index is 1290. The molecule has 0 aromatic heterocycles. The van der Waals surface area contributed by atoms with E-state index in [0.717, 1.165) is 41.4 Å². The molecule has 2 heterocycles. The van der Waals surface area contributed by atoms with Crippen LogP contribution < -0.4 is 14.8 Å². The minimum Gasteiger partial charge on any atom is -0.490 e. The number of carboxylic acid groups (broad SMARTS) is 1. The van der Waals surface area contributed by atoms with Crippen molar-refractivity contribution < 1.29 is 23.1 Å². The van der Waals surface area contributed by atoms with E-state index in [1.807, 2.05) is 4.90 Å². The average molecular weight is 529 g/mol. The minimum atomic E-state index is -4.19. The average Bonchev–Trinajstić information content (AvgIpc) is 2.87. The molecule has 2 aromatic rings. The first-order valence-electron chi connectivity index (χ1n) is 12.1. The van der Waals surface area contributed by atoms with Crippen molar-refractivity contribution in [3.8, 4) is 5.75 Å². The molecule has 2 aliphatic rings. The normalized spacial score (nSPS) is 16.1. The van der Waals surface area contributed by atoms with Gasteiger partial charge < -0.3 is 25.4 Å². The molecular weight excluding hydrogens is 496 g/mol. The third kappa shape index (κ3) is 5.96. The van der Waals surface area contributed by atoms with Crippen molar-refractivity contribution in [3.05, 3.63) is 53.6 Å². The van der Waals surface area contributed by atoms with Crippen LogP contribution in [0.1, 0.15) is 30.9 Å². The summed E-state index contributed by atoms with van der Waals surface area (Å²) in [6.45, 7) is 3.45. The molecule has 0 atom stereocenters. The Hall–Kier alpha value is -3.80. The number of carbonyl (C=O) groups is 1. The number of amidine groups is 1. The number of hydrogen-bond acceptors (Lipinski definition) is 6. The number of carboxylic acids is 1. The molecule has 0 spiro atoms. The van der Waals surface area contributed by atoms with E-state index in [4.69, 9.17) is 21.3 Å². The van der Waals surface area contributed by atoms with Crippen molar-refractivity contribution >= 4 is 33.5 Å². The van der Waals surface area contributed by atoms with Gasteiger partial charge in [-0.3, -0.25) is 19.9 Å². The zero-order valence-corrected chi connectivity index (χ0v) is 21.5. The molecule has 0 unspecified atom stereocenters. The molecule has 0 bridgehead atoms. The smallest absolute Gasteiger partial charge is 0.324 e. The van der Waals surface area contributed by atoms with E-state index in [1.165, 1.54) is 12.1 Å². The van der Waals surface area contributed by atoms with Crippen LogP contribution in [0.2, 0.25) is 0 Å². The molecule has 198 valence electrons. The third-order valence-electron chi connectivity index (χ3n) is 6.74. The lowest BCUT2D eigenvalue weighted by atomic mass is 9.99. The molecule has 0 saturated carbocycles. The summed E-state index contributed by atoms with van der Waals surface area (Å²) in [7, 11) is -4.19. The van der Waals surface area contributed by atoms with Crippen molar-refractivity contribution in [3.63, 3.8) is 0 Å². The van der Waals surface area contributed by atoms with E-state index in [9.17, 15) is 18.3 Å². The predicted octanol–water partition coefficient (Wildman–Crippen LogP) is 2.06. The van der Waals surface area contributed by atoms with Gasteiger partial charge in [0, 0.05) is 39.0 Å². The fourth-order valence-corrected chi connectivity index (χ4v) is 6.07. The van der Waals surface area contributed by atoms with Crippen LogP contribution in [0.3, 0.4) is 0 Å². The number of likely N-dealkylation sites (tertiary alicyclic amines) is 1. The Morgan fingerprint density at radius 2 is 1.76 bits per heavy atom. The number of anilines is 1. The lowest BCUT2D eigenvalue weighted by Gasteiger charge is -2.32. The van der Waals surface area contributed by atoms with Crippen LogP contribution in [-0.2, 0) is 27.8 Å². The summed E-state index contributed by atoms with van der Waals surface area (Å²) in [5, 5.41) is 24.9. The molecule has 4 rings (SSSR count). The summed E-state index contributed by atoms with van der Waals surface area (Å²) in [6.07, 6.45) is 2.17. The van der Waals surface area contributed by atoms with E-state index in [0.29, 0.717) is 31.1 Å². The highest BCUT2D eigenvalue weighted by atomic mass is 32.2. The van der Waals surface area contributed by atoms with Gasteiger partial charge in [0.05, 0.1) is 16.4 Å². The number of fused-ring (bicyclic) bond motifs is 1. The second-order valence-electron chi connectivity index (χ2n) is 9.28. The first kappa shape index (κ1) is 26.3. The molecule has 0 amide bonds. The highest BCUT2D eigenvalue weighted by Crippen LogP contribution is 2.30. The third-order valence-corrected chi connectivity index (χ3v) is 8.53. The zero-order chi connectivity index (χ0) is 26.7. The SMILES string of the molecule is CC(=N)N1CCC(Oc2ccc(S(=O)(=O)N(CC(=O)O)c3ccc4c(c3)CN(C(=N)N)CC4)cc2)CC1. The number of ether oxygens (including phenoxy) is 1. The number of guanidine groups is 1. The van der Waals surface area contributed by atoms with E-state index >= 15 is 0 Å². The Morgan fingerprint density at radius 1 is 1.08 bits per heavy atom. The maximum Gasteiger partial charge on any atom is 0.324 e. The number of sulfonamides is 1. The molecule has 1 fully saturated rings. The second kappa shape index (κ2) is 10.7. The first-order chi connectivity index (χ1) is 17.5. The largest absolute Gasteiger partial charge is 0.490 e. The quantitative estimate of drug-likeness (QED) is 0.313. The van der Waals surface area contributed by atoms with E-state index < -0.39 is 22.5 Å². The summed E-state index contributed by atoms with van der Waals surface area (Å²) in [5.74, 6) is -0.275. The summed E-state index contributed by atoms with van der Waals surface area (Å²) >= 11 is 0.